The predicted octanol–water partition coefficient (Wildman–Crippen LogP) is 2.46. The van der Waals surface area contributed by atoms with Crippen molar-refractivity contribution < 1.29 is 5.11 Å². The summed E-state index contributed by atoms with van der Waals surface area (Å²) in [4.78, 5) is 9.66. The van der Waals surface area contributed by atoms with E-state index in [1.807, 2.05) is 24.3 Å². The Morgan fingerprint density at radius 3 is 2.30 bits per heavy atom. The van der Waals surface area contributed by atoms with E-state index in [1.54, 1.807) is 0 Å². The quantitative estimate of drug-likeness (QED) is 0.609. The van der Waals surface area contributed by atoms with Gasteiger partial charge in [-0.15, -0.1) is 0 Å². The number of nitrogens with zero attached hydrogens (tertiary/aromatic N) is 3. The van der Waals surface area contributed by atoms with E-state index in [4.69, 9.17) is 4.99 Å². The van der Waals surface area contributed by atoms with Gasteiger partial charge in [0, 0.05) is 39.3 Å². The molecule has 2 aromatic carbocycles. The number of aliphatic imine (C=N–C) groups is 1. The number of aliphatic hydroxyl groups excluding tert-OH is 1. The molecule has 2 aromatic rings. The highest BCUT2D eigenvalue weighted by Gasteiger charge is 2.19. The second-order valence-corrected chi connectivity index (χ2v) is 6.85. The summed E-state index contributed by atoms with van der Waals surface area (Å²) < 4.78 is 0. The van der Waals surface area contributed by atoms with Gasteiger partial charge in [0.15, 0.2) is 5.96 Å². The fraction of sp³-hybridized carbons (Fsp3) is 0.409. The largest absolute Gasteiger partial charge is 0.392 e. The van der Waals surface area contributed by atoms with Crippen molar-refractivity contribution in [1.29, 1.82) is 0 Å². The molecule has 5 heteroatoms. The van der Waals surface area contributed by atoms with Crippen LogP contribution in [0.5, 0.6) is 0 Å². The van der Waals surface area contributed by atoms with Crippen LogP contribution >= 0.6 is 0 Å². The molecule has 5 nitrogen and oxygen atoms in total. The zero-order valence-corrected chi connectivity index (χ0v) is 16.1. The van der Waals surface area contributed by atoms with E-state index in [9.17, 15) is 5.11 Å². The van der Waals surface area contributed by atoms with E-state index in [0.29, 0.717) is 6.54 Å². The van der Waals surface area contributed by atoms with Crippen molar-refractivity contribution in [2.45, 2.75) is 26.6 Å². The topological polar surface area (TPSA) is 51.1 Å². The predicted molar refractivity (Wildman–Crippen MR) is 110 cm³/mol. The first kappa shape index (κ1) is 19.4. The van der Waals surface area contributed by atoms with Crippen LogP contribution in [0.2, 0.25) is 0 Å². The lowest BCUT2D eigenvalue weighted by Gasteiger charge is -2.36. The van der Waals surface area contributed by atoms with Crippen molar-refractivity contribution in [3.63, 3.8) is 0 Å². The number of rotatable bonds is 6. The maximum absolute atomic E-state index is 9.51. The molecular formula is C22H30N4O. The lowest BCUT2D eigenvalue weighted by molar-refractivity contribution is 0.172. The molecule has 0 unspecified atom stereocenters. The fourth-order valence-electron chi connectivity index (χ4n) is 3.41. The number of guanidine groups is 1. The van der Waals surface area contributed by atoms with Gasteiger partial charge in [0.05, 0.1) is 13.2 Å². The fourth-order valence-corrected chi connectivity index (χ4v) is 3.41. The van der Waals surface area contributed by atoms with Crippen LogP contribution in [-0.2, 0) is 19.7 Å². The van der Waals surface area contributed by atoms with E-state index >= 15 is 0 Å². The molecule has 0 radical (unpaired) electrons. The van der Waals surface area contributed by atoms with Crippen LogP contribution in [0.25, 0.3) is 0 Å². The Hall–Kier alpha value is -2.37. The minimum atomic E-state index is 0.0559. The number of aliphatic hydroxyl groups is 1. The Morgan fingerprint density at radius 2 is 1.63 bits per heavy atom. The van der Waals surface area contributed by atoms with Crippen LogP contribution in [0.4, 0.5) is 0 Å². The molecule has 0 amide bonds. The molecule has 0 aliphatic carbocycles. The van der Waals surface area contributed by atoms with Crippen molar-refractivity contribution in [1.82, 2.24) is 15.1 Å². The Bertz CT molecular complexity index is 724. The summed E-state index contributed by atoms with van der Waals surface area (Å²) in [5, 5.41) is 12.9. The minimum Gasteiger partial charge on any atom is -0.392 e. The molecule has 0 saturated carbocycles. The number of benzene rings is 2. The molecule has 3 rings (SSSR count). The molecule has 1 saturated heterocycles. The SMILES string of the molecule is CCNC(=NCc1ccccc1CO)N1CCN(Cc2ccccc2)CC1. The van der Waals surface area contributed by atoms with Crippen molar-refractivity contribution in [3.05, 3.63) is 71.3 Å². The lowest BCUT2D eigenvalue weighted by Crippen LogP contribution is -2.52. The maximum atomic E-state index is 9.51. The van der Waals surface area contributed by atoms with Crippen molar-refractivity contribution in [2.24, 2.45) is 4.99 Å². The van der Waals surface area contributed by atoms with Crippen molar-refractivity contribution in [3.8, 4) is 0 Å². The number of hydrogen-bond donors (Lipinski definition) is 2. The molecule has 27 heavy (non-hydrogen) atoms. The summed E-state index contributed by atoms with van der Waals surface area (Å²) in [6.45, 7) is 8.61. The zero-order chi connectivity index (χ0) is 18.9. The first-order valence-corrected chi connectivity index (χ1v) is 9.77. The molecule has 1 aliphatic heterocycles. The van der Waals surface area contributed by atoms with Crippen LogP contribution in [0.1, 0.15) is 23.6 Å². The second-order valence-electron chi connectivity index (χ2n) is 6.85. The number of piperazine rings is 1. The third-order valence-corrected chi connectivity index (χ3v) is 4.94. The molecule has 1 aliphatic rings. The molecule has 0 spiro atoms. The molecule has 1 heterocycles. The average Bonchev–Trinajstić information content (AvgIpc) is 2.73. The monoisotopic (exact) mass is 366 g/mol. The maximum Gasteiger partial charge on any atom is 0.194 e. The van der Waals surface area contributed by atoms with Gasteiger partial charge >= 0.3 is 0 Å². The third-order valence-electron chi connectivity index (χ3n) is 4.94. The zero-order valence-electron chi connectivity index (χ0n) is 16.1. The molecular weight excluding hydrogens is 336 g/mol. The van der Waals surface area contributed by atoms with E-state index in [2.05, 4.69) is 52.4 Å². The van der Waals surface area contributed by atoms with Gasteiger partial charge in [-0.2, -0.15) is 0 Å². The van der Waals surface area contributed by atoms with Gasteiger partial charge in [-0.1, -0.05) is 54.6 Å². The van der Waals surface area contributed by atoms with Gasteiger partial charge in [-0.25, -0.2) is 4.99 Å². The van der Waals surface area contributed by atoms with E-state index in [-0.39, 0.29) is 6.61 Å². The Labute approximate surface area is 162 Å². The minimum absolute atomic E-state index is 0.0559. The van der Waals surface area contributed by atoms with Gasteiger partial charge in [-0.05, 0) is 23.6 Å². The van der Waals surface area contributed by atoms with Crippen LogP contribution in [0.15, 0.2) is 59.6 Å². The summed E-state index contributed by atoms with van der Waals surface area (Å²) in [6, 6.07) is 18.6. The van der Waals surface area contributed by atoms with Crippen molar-refractivity contribution in [2.75, 3.05) is 32.7 Å². The number of nitrogens with one attached hydrogen (secondary N) is 1. The van der Waals surface area contributed by atoms with Crippen LogP contribution in [0.3, 0.4) is 0 Å². The van der Waals surface area contributed by atoms with Gasteiger partial charge in [0.2, 0.25) is 0 Å². The van der Waals surface area contributed by atoms with E-state index < -0.39 is 0 Å². The summed E-state index contributed by atoms with van der Waals surface area (Å²) in [6.07, 6.45) is 0. The number of hydrogen-bond acceptors (Lipinski definition) is 3. The van der Waals surface area contributed by atoms with Gasteiger partial charge < -0.3 is 15.3 Å². The van der Waals surface area contributed by atoms with Gasteiger partial charge in [0.1, 0.15) is 0 Å². The molecule has 1 fully saturated rings. The normalized spacial score (nSPS) is 15.8. The first-order valence-electron chi connectivity index (χ1n) is 9.77. The molecule has 144 valence electrons. The molecule has 0 bridgehead atoms. The summed E-state index contributed by atoms with van der Waals surface area (Å²) in [5.41, 5.74) is 3.40. The Morgan fingerprint density at radius 1 is 0.963 bits per heavy atom. The summed E-state index contributed by atoms with van der Waals surface area (Å²) in [7, 11) is 0. The summed E-state index contributed by atoms with van der Waals surface area (Å²) >= 11 is 0. The van der Waals surface area contributed by atoms with Crippen molar-refractivity contribution >= 4 is 5.96 Å². The summed E-state index contributed by atoms with van der Waals surface area (Å²) in [5.74, 6) is 0.963. The van der Waals surface area contributed by atoms with Gasteiger partial charge in [0.25, 0.3) is 0 Å². The molecule has 0 atom stereocenters. The van der Waals surface area contributed by atoms with Gasteiger partial charge in [-0.3, -0.25) is 4.90 Å². The van der Waals surface area contributed by atoms with E-state index in [0.717, 1.165) is 56.4 Å². The van der Waals surface area contributed by atoms with Crippen LogP contribution in [0, 0.1) is 0 Å². The third kappa shape index (κ3) is 5.55. The molecule has 2 N–H and O–H groups in total. The van der Waals surface area contributed by atoms with E-state index in [1.165, 1.54) is 5.56 Å². The van der Waals surface area contributed by atoms with Crippen LogP contribution < -0.4 is 5.32 Å². The highest BCUT2D eigenvalue weighted by Crippen LogP contribution is 2.12. The smallest absolute Gasteiger partial charge is 0.194 e. The first-order chi connectivity index (χ1) is 13.3. The second kappa shape index (κ2) is 10.1. The average molecular weight is 367 g/mol. The standard InChI is InChI=1S/C22H30N4O/c1-2-23-22(24-16-20-10-6-7-11-21(20)18-27)26-14-12-25(13-15-26)17-19-8-4-3-5-9-19/h3-11,27H,2,12-18H2,1H3,(H,23,24). The molecule has 0 aromatic heterocycles. The highest BCUT2D eigenvalue weighted by molar-refractivity contribution is 5.80. The Kier molecular flexibility index (Phi) is 7.25. The Balaban J connectivity index is 1.59. The highest BCUT2D eigenvalue weighted by atomic mass is 16.3. The van der Waals surface area contributed by atoms with Crippen LogP contribution in [-0.4, -0.2) is 53.6 Å². The lowest BCUT2D eigenvalue weighted by atomic mass is 10.1.